The molecule has 0 N–H and O–H groups in total. The topological polar surface area (TPSA) is 31.3 Å². The average molecular weight is 260 g/mol. The van der Waals surface area contributed by atoms with Crippen molar-refractivity contribution >= 4 is 6.21 Å². The predicted molar refractivity (Wildman–Crippen MR) is 74.8 cm³/mol. The van der Waals surface area contributed by atoms with Crippen LogP contribution in [-0.4, -0.2) is 47.9 Å². The Morgan fingerprint density at radius 2 is 2.16 bits per heavy atom. The van der Waals surface area contributed by atoms with E-state index in [4.69, 9.17) is 4.84 Å². The normalized spacial score (nSPS) is 22.1. The number of hydrogen-bond acceptors (Lipinski definition) is 5. The SMILES string of the molecule is CCN1CC(C)=C(C)C2=C1N1CN(OC)C=C1C=N2. The van der Waals surface area contributed by atoms with Gasteiger partial charge in [-0.15, -0.1) is 0 Å². The molecule has 0 saturated heterocycles. The van der Waals surface area contributed by atoms with Crippen molar-refractivity contribution in [2.75, 3.05) is 26.9 Å². The molecule has 5 heteroatoms. The molecule has 3 heterocycles. The zero-order valence-electron chi connectivity index (χ0n) is 12.0. The van der Waals surface area contributed by atoms with Crippen LogP contribution < -0.4 is 0 Å². The van der Waals surface area contributed by atoms with Crippen LogP contribution >= 0.6 is 0 Å². The van der Waals surface area contributed by atoms with E-state index in [-0.39, 0.29) is 0 Å². The molecule has 0 aliphatic carbocycles. The maximum Gasteiger partial charge on any atom is 0.137 e. The molecular weight excluding hydrogens is 240 g/mol. The van der Waals surface area contributed by atoms with Crippen molar-refractivity contribution in [1.82, 2.24) is 14.9 Å². The minimum Gasteiger partial charge on any atom is -0.352 e. The number of nitrogens with zero attached hydrogens (tertiary/aromatic N) is 4. The fraction of sp³-hybridized carbons (Fsp3) is 0.500. The first kappa shape index (κ1) is 12.3. The van der Waals surface area contributed by atoms with E-state index in [9.17, 15) is 0 Å². The number of aliphatic imine (C=N–C) groups is 1. The van der Waals surface area contributed by atoms with Crippen LogP contribution in [0.1, 0.15) is 20.8 Å². The van der Waals surface area contributed by atoms with Crippen LogP contribution in [0.15, 0.2) is 39.6 Å². The Hall–Kier alpha value is -1.75. The summed E-state index contributed by atoms with van der Waals surface area (Å²) < 4.78 is 0. The molecule has 0 radical (unpaired) electrons. The van der Waals surface area contributed by atoms with Crippen LogP contribution in [-0.2, 0) is 4.84 Å². The Labute approximate surface area is 114 Å². The molecule has 0 aromatic carbocycles. The molecule has 0 bridgehead atoms. The van der Waals surface area contributed by atoms with E-state index in [0.29, 0.717) is 0 Å². The molecule has 3 aliphatic rings. The highest BCUT2D eigenvalue weighted by Crippen LogP contribution is 2.36. The van der Waals surface area contributed by atoms with Gasteiger partial charge < -0.3 is 9.80 Å². The van der Waals surface area contributed by atoms with Crippen molar-refractivity contribution in [3.05, 3.63) is 34.6 Å². The second-order valence-corrected chi connectivity index (χ2v) is 5.07. The van der Waals surface area contributed by atoms with E-state index < -0.39 is 0 Å². The van der Waals surface area contributed by atoms with Gasteiger partial charge in [-0.25, -0.2) is 5.06 Å². The van der Waals surface area contributed by atoms with Gasteiger partial charge in [0.05, 0.1) is 25.2 Å². The zero-order valence-corrected chi connectivity index (χ0v) is 12.0. The minimum atomic E-state index is 0.722. The summed E-state index contributed by atoms with van der Waals surface area (Å²) in [7, 11) is 1.69. The van der Waals surface area contributed by atoms with Gasteiger partial charge in [-0.05, 0) is 31.9 Å². The minimum absolute atomic E-state index is 0.722. The first-order valence-electron chi connectivity index (χ1n) is 6.65. The molecule has 102 valence electrons. The number of rotatable bonds is 2. The highest BCUT2D eigenvalue weighted by Gasteiger charge is 2.34. The average Bonchev–Trinajstić information content (AvgIpc) is 2.85. The molecule has 19 heavy (non-hydrogen) atoms. The largest absolute Gasteiger partial charge is 0.352 e. The van der Waals surface area contributed by atoms with Crippen molar-refractivity contribution in [2.24, 2.45) is 4.99 Å². The quantitative estimate of drug-likeness (QED) is 0.759. The van der Waals surface area contributed by atoms with Crippen LogP contribution in [0.2, 0.25) is 0 Å². The Morgan fingerprint density at radius 1 is 1.37 bits per heavy atom. The molecule has 5 nitrogen and oxygen atoms in total. The van der Waals surface area contributed by atoms with Gasteiger partial charge in [0.15, 0.2) is 0 Å². The summed E-state index contributed by atoms with van der Waals surface area (Å²) >= 11 is 0. The fourth-order valence-electron chi connectivity index (χ4n) is 2.73. The van der Waals surface area contributed by atoms with Gasteiger partial charge in [-0.3, -0.25) is 9.83 Å². The number of hydrogen-bond donors (Lipinski definition) is 0. The summed E-state index contributed by atoms with van der Waals surface area (Å²) in [6.07, 6.45) is 3.91. The van der Waals surface area contributed by atoms with Gasteiger partial charge in [-0.1, -0.05) is 0 Å². The first-order chi connectivity index (χ1) is 9.15. The lowest BCUT2D eigenvalue weighted by Crippen LogP contribution is -2.41. The molecule has 0 fully saturated rings. The third-order valence-electron chi connectivity index (χ3n) is 4.00. The van der Waals surface area contributed by atoms with Crippen LogP contribution in [0.3, 0.4) is 0 Å². The van der Waals surface area contributed by atoms with Crippen molar-refractivity contribution < 1.29 is 4.84 Å². The molecule has 0 atom stereocenters. The van der Waals surface area contributed by atoms with E-state index in [1.165, 1.54) is 17.0 Å². The van der Waals surface area contributed by atoms with Crippen LogP contribution in [0, 0.1) is 0 Å². The summed E-state index contributed by atoms with van der Waals surface area (Å²) in [5.41, 5.74) is 4.88. The molecule has 3 aliphatic heterocycles. The second-order valence-electron chi connectivity index (χ2n) is 5.07. The van der Waals surface area contributed by atoms with Gasteiger partial charge >= 0.3 is 0 Å². The zero-order chi connectivity index (χ0) is 13.6. The number of fused-ring (bicyclic) bond motifs is 2. The summed E-state index contributed by atoms with van der Waals surface area (Å²) in [6, 6.07) is 0. The molecule has 0 spiro atoms. The highest BCUT2D eigenvalue weighted by atomic mass is 16.7. The lowest BCUT2D eigenvalue weighted by molar-refractivity contribution is -0.0971. The van der Waals surface area contributed by atoms with Crippen LogP contribution in [0.5, 0.6) is 0 Å². The van der Waals surface area contributed by atoms with Crippen LogP contribution in [0.25, 0.3) is 0 Å². The van der Waals surface area contributed by atoms with E-state index >= 15 is 0 Å². The van der Waals surface area contributed by atoms with E-state index in [1.54, 1.807) is 7.11 Å². The summed E-state index contributed by atoms with van der Waals surface area (Å²) in [5.74, 6) is 1.21. The van der Waals surface area contributed by atoms with Crippen molar-refractivity contribution in [3.63, 3.8) is 0 Å². The van der Waals surface area contributed by atoms with E-state index in [2.05, 4.69) is 35.6 Å². The monoisotopic (exact) mass is 260 g/mol. The summed E-state index contributed by atoms with van der Waals surface area (Å²) in [4.78, 5) is 14.6. The Bertz CT molecular complexity index is 530. The number of allylic oxidation sites excluding steroid dienone is 2. The lowest BCUT2D eigenvalue weighted by atomic mass is 10.0. The van der Waals surface area contributed by atoms with Crippen molar-refractivity contribution in [1.29, 1.82) is 0 Å². The van der Waals surface area contributed by atoms with Gasteiger partial charge in [0.25, 0.3) is 0 Å². The summed E-state index contributed by atoms with van der Waals surface area (Å²) in [5, 5.41) is 1.83. The first-order valence-corrected chi connectivity index (χ1v) is 6.65. The third kappa shape index (κ3) is 1.76. The molecule has 3 rings (SSSR count). The van der Waals surface area contributed by atoms with Crippen molar-refractivity contribution in [2.45, 2.75) is 20.8 Å². The molecule has 0 aromatic heterocycles. The Kier molecular flexibility index (Phi) is 2.86. The Balaban J connectivity index is 2.06. The standard InChI is InChI=1S/C14H20N4O/c1-5-16-7-10(2)11(3)13-14(16)18-9-17(19-4)8-12(18)6-15-13/h6,8H,5,7,9H2,1-4H3. The lowest BCUT2D eigenvalue weighted by Gasteiger charge is -2.40. The number of hydroxylamine groups is 2. The predicted octanol–water partition coefficient (Wildman–Crippen LogP) is 1.89. The van der Waals surface area contributed by atoms with E-state index in [0.717, 1.165) is 31.2 Å². The Morgan fingerprint density at radius 3 is 2.84 bits per heavy atom. The highest BCUT2D eigenvalue weighted by molar-refractivity contribution is 5.82. The molecule has 0 unspecified atom stereocenters. The maximum atomic E-state index is 5.30. The second kappa shape index (κ2) is 4.42. The third-order valence-corrected chi connectivity index (χ3v) is 4.00. The van der Waals surface area contributed by atoms with Gasteiger partial charge in [0.2, 0.25) is 0 Å². The molecule has 0 saturated carbocycles. The molecule has 0 aromatic rings. The van der Waals surface area contributed by atoms with Gasteiger partial charge in [-0.2, -0.15) is 0 Å². The fourth-order valence-corrected chi connectivity index (χ4v) is 2.73. The molecule has 0 amide bonds. The van der Waals surface area contributed by atoms with Gasteiger partial charge in [0, 0.05) is 13.1 Å². The summed E-state index contributed by atoms with van der Waals surface area (Å²) in [6.45, 7) is 9.22. The smallest absolute Gasteiger partial charge is 0.137 e. The number of likely N-dealkylation sites (N-methyl/N-ethyl adjacent to an activating group) is 1. The van der Waals surface area contributed by atoms with E-state index in [1.807, 2.05) is 17.5 Å². The maximum absolute atomic E-state index is 5.30. The van der Waals surface area contributed by atoms with Crippen LogP contribution in [0.4, 0.5) is 0 Å². The van der Waals surface area contributed by atoms with Gasteiger partial charge in [0.1, 0.15) is 18.2 Å². The molecular formula is C14H20N4O. The van der Waals surface area contributed by atoms with Crippen molar-refractivity contribution in [3.8, 4) is 0 Å².